The first-order chi connectivity index (χ1) is 10.2. The second-order valence-corrected chi connectivity index (χ2v) is 6.11. The van der Waals surface area contributed by atoms with Crippen LogP contribution in [0.1, 0.15) is 26.3 Å². The van der Waals surface area contributed by atoms with Gasteiger partial charge in [-0.15, -0.1) is 0 Å². The molecule has 0 radical (unpaired) electrons. The summed E-state index contributed by atoms with van der Waals surface area (Å²) in [5.41, 5.74) is 6.96. The van der Waals surface area contributed by atoms with E-state index in [0.717, 1.165) is 5.56 Å². The number of aryl methyl sites for hydroxylation is 1. The number of nitrogens with zero attached hydrogens (tertiary/aromatic N) is 3. The summed E-state index contributed by atoms with van der Waals surface area (Å²) < 4.78 is 8.77. The summed E-state index contributed by atoms with van der Waals surface area (Å²) in [5, 5.41) is 6.81. The van der Waals surface area contributed by atoms with Gasteiger partial charge in [-0.2, -0.15) is 5.10 Å². The molecular formula is C15H22N5O2+. The van der Waals surface area contributed by atoms with Gasteiger partial charge in [0, 0.05) is 11.6 Å². The number of nitrogens with one attached hydrogen (secondary N) is 1. The lowest BCUT2D eigenvalue weighted by atomic mass is 10.2. The third-order valence-electron chi connectivity index (χ3n) is 2.85. The molecule has 0 spiro atoms. The van der Waals surface area contributed by atoms with Gasteiger partial charge in [-0.3, -0.25) is 5.32 Å². The Morgan fingerprint density at radius 1 is 1.50 bits per heavy atom. The van der Waals surface area contributed by atoms with Crippen LogP contribution in [-0.2, 0) is 18.3 Å². The smallest absolute Gasteiger partial charge is 0.412 e. The monoisotopic (exact) mass is 304 g/mol. The van der Waals surface area contributed by atoms with Crippen molar-refractivity contribution in [3.8, 4) is 0 Å². The number of nitrogens with two attached hydrogens (primary N) is 1. The normalized spacial score (nSPS) is 11.3. The molecule has 1 amide bonds. The molecule has 118 valence electrons. The molecule has 0 aliphatic rings. The van der Waals surface area contributed by atoms with Gasteiger partial charge in [-0.25, -0.2) is 14.0 Å². The standard InChI is InChI=1S/C15H21N5O2/c1-15(2,3)22-14(21)18-12-8-17-20(13(12)16)10-11-6-5-7-19(4)9-11/h5-9H,10H2,1-4H3,(H2-,16,17,18,21)/p+1. The van der Waals surface area contributed by atoms with Gasteiger partial charge < -0.3 is 10.5 Å². The van der Waals surface area contributed by atoms with Crippen LogP contribution >= 0.6 is 0 Å². The average molecular weight is 304 g/mol. The fourth-order valence-corrected chi connectivity index (χ4v) is 1.95. The van der Waals surface area contributed by atoms with E-state index < -0.39 is 11.7 Å². The van der Waals surface area contributed by atoms with E-state index in [4.69, 9.17) is 10.5 Å². The Morgan fingerprint density at radius 2 is 2.23 bits per heavy atom. The quantitative estimate of drug-likeness (QED) is 0.845. The van der Waals surface area contributed by atoms with Crippen LogP contribution in [-0.4, -0.2) is 21.5 Å². The van der Waals surface area contributed by atoms with Crippen LogP contribution in [0.5, 0.6) is 0 Å². The van der Waals surface area contributed by atoms with Crippen LogP contribution < -0.4 is 15.6 Å². The lowest BCUT2D eigenvalue weighted by molar-refractivity contribution is -0.671. The van der Waals surface area contributed by atoms with Crippen molar-refractivity contribution in [2.75, 3.05) is 11.1 Å². The van der Waals surface area contributed by atoms with Crippen molar-refractivity contribution in [2.24, 2.45) is 7.05 Å². The van der Waals surface area contributed by atoms with Crippen LogP contribution in [0, 0.1) is 0 Å². The number of anilines is 2. The molecule has 0 unspecified atom stereocenters. The highest BCUT2D eigenvalue weighted by molar-refractivity contribution is 5.88. The SMILES string of the molecule is C[n+]1cccc(Cn2ncc(NC(=O)OC(C)(C)C)c2N)c1. The van der Waals surface area contributed by atoms with Gasteiger partial charge in [0.1, 0.15) is 24.2 Å². The van der Waals surface area contributed by atoms with Crippen molar-refractivity contribution >= 4 is 17.6 Å². The molecule has 2 heterocycles. The van der Waals surface area contributed by atoms with E-state index in [-0.39, 0.29) is 0 Å². The van der Waals surface area contributed by atoms with Gasteiger partial charge in [-0.1, -0.05) is 0 Å². The second kappa shape index (κ2) is 6.05. The number of rotatable bonds is 3. The zero-order valence-corrected chi connectivity index (χ0v) is 13.3. The first kappa shape index (κ1) is 15.8. The van der Waals surface area contributed by atoms with Gasteiger partial charge in [0.05, 0.1) is 12.7 Å². The number of aromatic nitrogens is 3. The van der Waals surface area contributed by atoms with E-state index in [1.807, 2.05) is 36.1 Å². The molecule has 0 saturated heterocycles. The highest BCUT2D eigenvalue weighted by atomic mass is 16.6. The van der Waals surface area contributed by atoms with E-state index >= 15 is 0 Å². The van der Waals surface area contributed by atoms with Gasteiger partial charge in [0.2, 0.25) is 0 Å². The first-order valence-electron chi connectivity index (χ1n) is 7.00. The zero-order chi connectivity index (χ0) is 16.3. The summed E-state index contributed by atoms with van der Waals surface area (Å²) in [6, 6.07) is 3.94. The molecule has 0 aliphatic heterocycles. The van der Waals surface area contributed by atoms with Crippen molar-refractivity contribution in [2.45, 2.75) is 32.9 Å². The maximum Gasteiger partial charge on any atom is 0.412 e. The van der Waals surface area contributed by atoms with Gasteiger partial charge in [0.15, 0.2) is 12.4 Å². The second-order valence-electron chi connectivity index (χ2n) is 6.11. The number of hydrogen-bond acceptors (Lipinski definition) is 4. The molecule has 7 nitrogen and oxygen atoms in total. The maximum absolute atomic E-state index is 11.8. The summed E-state index contributed by atoms with van der Waals surface area (Å²) >= 11 is 0. The van der Waals surface area contributed by atoms with E-state index in [1.54, 1.807) is 25.5 Å². The number of nitrogen functional groups attached to an aromatic ring is 1. The molecule has 0 aliphatic carbocycles. The fourth-order valence-electron chi connectivity index (χ4n) is 1.95. The Hall–Kier alpha value is -2.57. The Kier molecular flexibility index (Phi) is 4.35. The van der Waals surface area contributed by atoms with Gasteiger partial charge >= 0.3 is 6.09 Å². The van der Waals surface area contributed by atoms with Crippen LogP contribution in [0.4, 0.5) is 16.3 Å². The lowest BCUT2D eigenvalue weighted by Crippen LogP contribution is -2.27. The molecular weight excluding hydrogens is 282 g/mol. The third-order valence-corrected chi connectivity index (χ3v) is 2.85. The highest BCUT2D eigenvalue weighted by Crippen LogP contribution is 2.19. The van der Waals surface area contributed by atoms with Crippen molar-refractivity contribution in [1.29, 1.82) is 0 Å². The van der Waals surface area contributed by atoms with E-state index in [2.05, 4.69) is 10.4 Å². The minimum atomic E-state index is -0.562. The van der Waals surface area contributed by atoms with Gasteiger partial charge in [0.25, 0.3) is 0 Å². The summed E-state index contributed by atoms with van der Waals surface area (Å²) in [6.07, 6.45) is 4.90. The zero-order valence-electron chi connectivity index (χ0n) is 13.3. The summed E-state index contributed by atoms with van der Waals surface area (Å²) in [7, 11) is 1.95. The molecule has 2 aromatic rings. The molecule has 2 rings (SSSR count). The summed E-state index contributed by atoms with van der Waals surface area (Å²) in [6.45, 7) is 5.93. The van der Waals surface area contributed by atoms with E-state index in [1.165, 1.54) is 6.20 Å². The van der Waals surface area contributed by atoms with Crippen molar-refractivity contribution in [3.05, 3.63) is 36.3 Å². The Labute approximate surface area is 129 Å². The minimum absolute atomic E-state index is 0.386. The largest absolute Gasteiger partial charge is 0.444 e. The molecule has 7 heteroatoms. The molecule has 22 heavy (non-hydrogen) atoms. The fraction of sp³-hybridized carbons (Fsp3) is 0.400. The van der Waals surface area contributed by atoms with E-state index in [0.29, 0.717) is 18.1 Å². The molecule has 2 aromatic heterocycles. The molecule has 0 saturated carbocycles. The van der Waals surface area contributed by atoms with Crippen molar-refractivity contribution in [1.82, 2.24) is 9.78 Å². The number of ether oxygens (including phenoxy) is 1. The number of amides is 1. The maximum atomic E-state index is 11.8. The number of pyridine rings is 1. The van der Waals surface area contributed by atoms with Gasteiger partial charge in [-0.05, 0) is 26.8 Å². The van der Waals surface area contributed by atoms with Crippen LogP contribution in [0.2, 0.25) is 0 Å². The average Bonchev–Trinajstić information content (AvgIpc) is 2.69. The number of hydrogen-bond donors (Lipinski definition) is 2. The van der Waals surface area contributed by atoms with Crippen molar-refractivity contribution in [3.63, 3.8) is 0 Å². The Morgan fingerprint density at radius 3 is 2.86 bits per heavy atom. The minimum Gasteiger partial charge on any atom is -0.444 e. The van der Waals surface area contributed by atoms with Crippen LogP contribution in [0.25, 0.3) is 0 Å². The topological polar surface area (TPSA) is 86.0 Å². The molecule has 0 fully saturated rings. The van der Waals surface area contributed by atoms with Crippen molar-refractivity contribution < 1.29 is 14.1 Å². The first-order valence-corrected chi connectivity index (χ1v) is 7.00. The molecule has 0 atom stereocenters. The number of carbonyl (C=O) groups excluding carboxylic acids is 1. The number of carbonyl (C=O) groups is 1. The summed E-state index contributed by atoms with van der Waals surface area (Å²) in [4.78, 5) is 11.8. The lowest BCUT2D eigenvalue weighted by Gasteiger charge is -2.19. The Balaban J connectivity index is 2.08. The molecule has 0 bridgehead atoms. The third kappa shape index (κ3) is 4.21. The Bertz CT molecular complexity index is 673. The predicted octanol–water partition coefficient (Wildman–Crippen LogP) is 1.69. The highest BCUT2D eigenvalue weighted by Gasteiger charge is 2.18. The van der Waals surface area contributed by atoms with E-state index in [9.17, 15) is 4.79 Å². The van der Waals surface area contributed by atoms with Crippen LogP contribution in [0.3, 0.4) is 0 Å². The summed E-state index contributed by atoms with van der Waals surface area (Å²) in [5.74, 6) is 0.386. The van der Waals surface area contributed by atoms with Crippen LogP contribution in [0.15, 0.2) is 30.7 Å². The molecule has 3 N–H and O–H groups in total. The molecule has 0 aromatic carbocycles. The predicted molar refractivity (Wildman–Crippen MR) is 83.2 cm³/mol.